The lowest BCUT2D eigenvalue weighted by Crippen LogP contribution is -2.30. The molecule has 0 aliphatic rings. The molecule has 1 amide bonds. The fraction of sp³-hybridized carbons (Fsp3) is 0.294. The largest absolute Gasteiger partial charge is 0.452 e. The maximum atomic E-state index is 12.0. The predicted octanol–water partition coefficient (Wildman–Crippen LogP) is 2.11. The van der Waals surface area contributed by atoms with E-state index in [9.17, 15) is 18.0 Å². The van der Waals surface area contributed by atoms with Crippen molar-refractivity contribution in [1.82, 2.24) is 4.90 Å². The molecule has 1 aromatic carbocycles. The molecule has 8 heteroatoms. The Morgan fingerprint density at radius 3 is 2.36 bits per heavy atom. The van der Waals surface area contributed by atoms with Gasteiger partial charge in [0.2, 0.25) is 0 Å². The first kappa shape index (κ1) is 19.1. The zero-order chi connectivity index (χ0) is 18.4. The van der Waals surface area contributed by atoms with E-state index < -0.39 is 15.8 Å². The minimum absolute atomic E-state index is 0.0891. The van der Waals surface area contributed by atoms with Crippen molar-refractivity contribution >= 4 is 33.1 Å². The van der Waals surface area contributed by atoms with Gasteiger partial charge < -0.3 is 9.64 Å². The lowest BCUT2D eigenvalue weighted by Gasteiger charge is -2.16. The topological polar surface area (TPSA) is 80.8 Å². The quantitative estimate of drug-likeness (QED) is 0.686. The van der Waals surface area contributed by atoms with E-state index in [1.807, 2.05) is 16.8 Å². The molecule has 1 aromatic heterocycles. The Bertz CT molecular complexity index is 826. The minimum Gasteiger partial charge on any atom is -0.452 e. The second-order valence-corrected chi connectivity index (χ2v) is 8.64. The number of ether oxygens (including phenoxy) is 1. The second kappa shape index (κ2) is 8.26. The molecular weight excluding hydrogens is 362 g/mol. The van der Waals surface area contributed by atoms with Gasteiger partial charge in [0.15, 0.2) is 16.4 Å². The van der Waals surface area contributed by atoms with E-state index in [1.54, 1.807) is 30.5 Å². The number of amides is 1. The molecule has 0 spiro atoms. The van der Waals surface area contributed by atoms with Crippen molar-refractivity contribution in [3.8, 4) is 0 Å². The van der Waals surface area contributed by atoms with Gasteiger partial charge in [0.25, 0.3) is 5.91 Å². The van der Waals surface area contributed by atoms with Gasteiger partial charge in [0.1, 0.15) is 0 Å². The highest BCUT2D eigenvalue weighted by atomic mass is 32.2. The van der Waals surface area contributed by atoms with Crippen molar-refractivity contribution in [2.75, 3.05) is 19.9 Å². The van der Waals surface area contributed by atoms with Crippen molar-refractivity contribution in [1.29, 1.82) is 0 Å². The molecule has 0 atom stereocenters. The molecule has 2 rings (SSSR count). The number of hydrogen-bond donors (Lipinski definition) is 0. The summed E-state index contributed by atoms with van der Waals surface area (Å²) in [6.45, 7) is 0.116. The molecule has 0 N–H and O–H groups in total. The van der Waals surface area contributed by atoms with Gasteiger partial charge >= 0.3 is 5.97 Å². The van der Waals surface area contributed by atoms with Crippen LogP contribution in [0.25, 0.3) is 0 Å². The van der Waals surface area contributed by atoms with Gasteiger partial charge in [-0.1, -0.05) is 12.1 Å². The van der Waals surface area contributed by atoms with Crippen molar-refractivity contribution in [2.45, 2.75) is 12.3 Å². The summed E-state index contributed by atoms with van der Waals surface area (Å²) in [4.78, 5) is 25.5. The highest BCUT2D eigenvalue weighted by molar-refractivity contribution is 7.89. The van der Waals surface area contributed by atoms with E-state index in [2.05, 4.69) is 0 Å². The first-order valence-corrected chi connectivity index (χ1v) is 10.4. The molecule has 1 heterocycles. The van der Waals surface area contributed by atoms with Crippen LogP contribution in [-0.2, 0) is 31.7 Å². The molecule has 0 radical (unpaired) electrons. The molecular formula is C17H19NO5S2. The van der Waals surface area contributed by atoms with Gasteiger partial charge in [-0.3, -0.25) is 4.79 Å². The predicted molar refractivity (Wildman–Crippen MR) is 96.1 cm³/mol. The van der Waals surface area contributed by atoms with E-state index >= 15 is 0 Å². The SMILES string of the molecule is CN(Cc1ccsc1)C(=O)COC(=O)c1ccc(CS(C)(=O)=O)cc1. The van der Waals surface area contributed by atoms with Crippen molar-refractivity contribution in [3.63, 3.8) is 0 Å². The number of carbonyl (C=O) groups is 2. The first-order chi connectivity index (χ1) is 11.7. The number of likely N-dealkylation sites (N-methyl/N-ethyl adjacent to an activating group) is 1. The number of nitrogens with zero attached hydrogens (tertiary/aromatic N) is 1. The summed E-state index contributed by atoms with van der Waals surface area (Å²) in [7, 11) is -1.48. The third-order valence-electron chi connectivity index (χ3n) is 3.37. The lowest BCUT2D eigenvalue weighted by molar-refractivity contribution is -0.133. The smallest absolute Gasteiger partial charge is 0.338 e. The molecule has 2 aromatic rings. The highest BCUT2D eigenvalue weighted by Crippen LogP contribution is 2.10. The number of carbonyl (C=O) groups excluding carboxylic acids is 2. The standard InChI is InChI=1S/C17H19NO5S2/c1-18(9-14-7-8-24-11-14)16(19)10-23-17(20)15-5-3-13(4-6-15)12-25(2,21)22/h3-8,11H,9-10,12H2,1-2H3. The maximum Gasteiger partial charge on any atom is 0.338 e. The number of sulfone groups is 1. The van der Waals surface area contributed by atoms with E-state index in [1.165, 1.54) is 17.0 Å². The third kappa shape index (κ3) is 6.32. The molecule has 0 saturated heterocycles. The maximum absolute atomic E-state index is 12.0. The molecule has 0 saturated carbocycles. The molecule has 0 unspecified atom stereocenters. The number of thiophene rings is 1. The molecule has 6 nitrogen and oxygen atoms in total. The number of rotatable bonds is 7. The molecule has 134 valence electrons. The van der Waals surface area contributed by atoms with Crippen molar-refractivity contribution in [3.05, 3.63) is 57.8 Å². The van der Waals surface area contributed by atoms with Crippen LogP contribution in [0.1, 0.15) is 21.5 Å². The average molecular weight is 381 g/mol. The number of esters is 1. The summed E-state index contributed by atoms with van der Waals surface area (Å²) >= 11 is 1.55. The van der Waals surface area contributed by atoms with Gasteiger partial charge in [-0.25, -0.2) is 13.2 Å². The van der Waals surface area contributed by atoms with Gasteiger partial charge in [0, 0.05) is 19.8 Å². The highest BCUT2D eigenvalue weighted by Gasteiger charge is 2.14. The number of hydrogen-bond acceptors (Lipinski definition) is 6. The fourth-order valence-corrected chi connectivity index (χ4v) is 3.56. The zero-order valence-electron chi connectivity index (χ0n) is 14.0. The summed E-state index contributed by atoms with van der Waals surface area (Å²) in [5.41, 5.74) is 1.88. The van der Waals surface area contributed by atoms with Crippen LogP contribution in [-0.4, -0.2) is 45.1 Å². The fourth-order valence-electron chi connectivity index (χ4n) is 2.11. The summed E-state index contributed by atoms with van der Waals surface area (Å²) in [5, 5.41) is 3.88. The Morgan fingerprint density at radius 2 is 1.80 bits per heavy atom. The van der Waals surface area contributed by atoms with Crippen LogP contribution in [0.2, 0.25) is 0 Å². The number of benzene rings is 1. The van der Waals surface area contributed by atoms with Crippen molar-refractivity contribution in [2.24, 2.45) is 0 Å². The Kier molecular flexibility index (Phi) is 6.33. The van der Waals surface area contributed by atoms with Crippen LogP contribution in [0, 0.1) is 0 Å². The molecule has 0 aliphatic carbocycles. The molecule has 0 fully saturated rings. The molecule has 0 bridgehead atoms. The minimum atomic E-state index is -3.13. The van der Waals surface area contributed by atoms with Gasteiger partial charge in [-0.15, -0.1) is 0 Å². The van der Waals surface area contributed by atoms with Gasteiger partial charge in [0.05, 0.1) is 11.3 Å². The van der Waals surface area contributed by atoms with Crippen LogP contribution in [0.15, 0.2) is 41.1 Å². The molecule has 25 heavy (non-hydrogen) atoms. The average Bonchev–Trinajstić information content (AvgIpc) is 3.04. The van der Waals surface area contributed by atoms with E-state index in [4.69, 9.17) is 4.74 Å². The Labute approximate surface area is 151 Å². The third-order valence-corrected chi connectivity index (χ3v) is 4.96. The van der Waals surface area contributed by atoms with Crippen LogP contribution in [0.5, 0.6) is 0 Å². The summed E-state index contributed by atoms with van der Waals surface area (Å²) in [5.74, 6) is -1.01. The Morgan fingerprint density at radius 1 is 1.12 bits per heavy atom. The van der Waals surface area contributed by atoms with Crippen LogP contribution < -0.4 is 0 Å². The van der Waals surface area contributed by atoms with Gasteiger partial charge in [-0.2, -0.15) is 11.3 Å². The van der Waals surface area contributed by atoms with E-state index in [0.717, 1.165) is 11.8 Å². The zero-order valence-corrected chi connectivity index (χ0v) is 15.6. The van der Waals surface area contributed by atoms with E-state index in [-0.39, 0.29) is 23.8 Å². The first-order valence-electron chi connectivity index (χ1n) is 7.43. The monoisotopic (exact) mass is 381 g/mol. The summed E-state index contributed by atoms with van der Waals surface area (Å²) in [6.07, 6.45) is 1.15. The normalized spacial score (nSPS) is 11.1. The molecule has 0 aliphatic heterocycles. The van der Waals surface area contributed by atoms with Crippen LogP contribution in [0.3, 0.4) is 0 Å². The second-order valence-electron chi connectivity index (χ2n) is 5.72. The Balaban J connectivity index is 1.86. The Hall–Kier alpha value is -2.19. The summed E-state index contributed by atoms with van der Waals surface area (Å²) in [6, 6.07) is 8.02. The van der Waals surface area contributed by atoms with Crippen molar-refractivity contribution < 1.29 is 22.7 Å². The van der Waals surface area contributed by atoms with Crippen LogP contribution >= 0.6 is 11.3 Å². The van der Waals surface area contributed by atoms with Crippen LogP contribution in [0.4, 0.5) is 0 Å². The van der Waals surface area contributed by atoms with E-state index in [0.29, 0.717) is 12.1 Å². The van der Waals surface area contributed by atoms with Gasteiger partial charge in [-0.05, 0) is 40.1 Å². The summed E-state index contributed by atoms with van der Waals surface area (Å²) < 4.78 is 27.5. The lowest BCUT2D eigenvalue weighted by atomic mass is 10.1.